The number of unbranched alkanes of at least 4 members (excludes halogenated alkanes) is 1. The molecule has 0 saturated carbocycles. The van der Waals surface area contributed by atoms with Crippen LogP contribution in [-0.4, -0.2) is 9.72 Å². The normalized spacial score (nSPS) is 9.88. The smallest absolute Gasteiger partial charge is 0.296 e. The Kier molecular flexibility index (Phi) is 13.4. The third kappa shape index (κ3) is 8.42. The highest BCUT2D eigenvalue weighted by atomic mass is 19.1. The summed E-state index contributed by atoms with van der Waals surface area (Å²) in [7, 11) is 0. The molecule has 100 valence electrons. The SMILES string of the molecule is CC.CC.CCC/C=C(/F)Cn1cnoc1=O. The van der Waals surface area contributed by atoms with E-state index in [2.05, 4.69) is 9.68 Å². The maximum Gasteiger partial charge on any atom is 0.441 e. The molecule has 1 rings (SSSR count). The van der Waals surface area contributed by atoms with Gasteiger partial charge in [-0.1, -0.05) is 52.3 Å². The summed E-state index contributed by atoms with van der Waals surface area (Å²) in [4.78, 5) is 10.8. The van der Waals surface area contributed by atoms with Crippen molar-refractivity contribution in [2.45, 2.75) is 54.0 Å². The number of hydrogen-bond donors (Lipinski definition) is 0. The van der Waals surface area contributed by atoms with Crippen LogP contribution in [0.5, 0.6) is 0 Å². The summed E-state index contributed by atoms with van der Waals surface area (Å²) < 4.78 is 18.3. The predicted molar refractivity (Wildman–Crippen MR) is 67.6 cm³/mol. The third-order valence-electron chi connectivity index (χ3n) is 1.53. The monoisotopic (exact) mass is 246 g/mol. The minimum Gasteiger partial charge on any atom is -0.296 e. The molecule has 0 N–H and O–H groups in total. The van der Waals surface area contributed by atoms with E-state index in [1.54, 1.807) is 0 Å². The second-order valence-corrected chi connectivity index (χ2v) is 2.65. The summed E-state index contributed by atoms with van der Waals surface area (Å²) in [6.45, 7) is 9.86. The fraction of sp³-hybridized carbons (Fsp3) is 0.667. The van der Waals surface area contributed by atoms with Gasteiger partial charge in [-0.25, -0.2) is 9.18 Å². The van der Waals surface area contributed by atoms with Crippen molar-refractivity contribution >= 4 is 0 Å². The molecule has 17 heavy (non-hydrogen) atoms. The van der Waals surface area contributed by atoms with E-state index in [1.165, 1.54) is 12.4 Å². The maximum absolute atomic E-state index is 13.0. The topological polar surface area (TPSA) is 48.0 Å². The molecule has 4 nitrogen and oxygen atoms in total. The zero-order valence-corrected chi connectivity index (χ0v) is 11.4. The van der Waals surface area contributed by atoms with Gasteiger partial charge in [-0.2, -0.15) is 0 Å². The number of aromatic nitrogens is 2. The van der Waals surface area contributed by atoms with Gasteiger partial charge in [-0.05, 0) is 6.42 Å². The summed E-state index contributed by atoms with van der Waals surface area (Å²) in [6, 6.07) is 0. The molecule has 0 radical (unpaired) electrons. The lowest BCUT2D eigenvalue weighted by atomic mass is 10.3. The Morgan fingerprint density at radius 2 is 2.06 bits per heavy atom. The molecular weight excluding hydrogens is 223 g/mol. The highest BCUT2D eigenvalue weighted by molar-refractivity contribution is 4.91. The number of hydrogen-bond acceptors (Lipinski definition) is 3. The summed E-state index contributed by atoms with van der Waals surface area (Å²) >= 11 is 0. The van der Waals surface area contributed by atoms with Crippen LogP contribution in [-0.2, 0) is 6.54 Å². The van der Waals surface area contributed by atoms with E-state index >= 15 is 0 Å². The minimum absolute atomic E-state index is 0.0949. The van der Waals surface area contributed by atoms with Gasteiger partial charge in [0.15, 0.2) is 0 Å². The summed E-state index contributed by atoms with van der Waals surface area (Å²) in [5.74, 6) is -0.979. The fourth-order valence-electron chi connectivity index (χ4n) is 0.859. The number of allylic oxidation sites excluding steroid dienone is 2. The lowest BCUT2D eigenvalue weighted by Crippen LogP contribution is -2.13. The van der Waals surface area contributed by atoms with Crippen LogP contribution in [0.2, 0.25) is 0 Å². The van der Waals surface area contributed by atoms with Crippen LogP contribution in [0.1, 0.15) is 47.5 Å². The van der Waals surface area contributed by atoms with Gasteiger partial charge < -0.3 is 0 Å². The summed E-state index contributed by atoms with van der Waals surface area (Å²) in [6.07, 6.45) is 4.18. The standard InChI is InChI=1S/C8H11FN2O2.2C2H6/c1-2-3-4-7(9)5-11-6-10-13-8(11)12;2*1-2/h4,6H,2-3,5H2,1H3;2*1-2H3/b7-4+;;. The van der Waals surface area contributed by atoms with Gasteiger partial charge in [0, 0.05) is 0 Å². The van der Waals surface area contributed by atoms with E-state index in [4.69, 9.17) is 0 Å². The van der Waals surface area contributed by atoms with Gasteiger partial charge in [0.05, 0.1) is 6.54 Å². The first-order chi connectivity index (χ1) is 8.24. The van der Waals surface area contributed by atoms with E-state index in [-0.39, 0.29) is 12.4 Å². The molecule has 0 atom stereocenters. The Hall–Kier alpha value is -1.39. The Bertz CT molecular complexity index is 342. The Morgan fingerprint density at radius 1 is 1.47 bits per heavy atom. The molecule has 1 heterocycles. The first-order valence-corrected chi connectivity index (χ1v) is 6.09. The van der Waals surface area contributed by atoms with Gasteiger partial charge in [0.25, 0.3) is 0 Å². The van der Waals surface area contributed by atoms with Crippen LogP contribution < -0.4 is 5.76 Å². The largest absolute Gasteiger partial charge is 0.441 e. The lowest BCUT2D eigenvalue weighted by Gasteiger charge is -1.95. The average molecular weight is 246 g/mol. The highest BCUT2D eigenvalue weighted by Gasteiger charge is 2.01. The van der Waals surface area contributed by atoms with Crippen molar-refractivity contribution in [2.24, 2.45) is 0 Å². The van der Waals surface area contributed by atoms with Gasteiger partial charge in [-0.15, -0.1) is 0 Å². The van der Waals surface area contributed by atoms with Gasteiger partial charge in [-0.3, -0.25) is 9.09 Å². The van der Waals surface area contributed by atoms with Crippen molar-refractivity contribution in [3.8, 4) is 0 Å². The molecule has 0 saturated heterocycles. The van der Waals surface area contributed by atoms with E-state index in [0.717, 1.165) is 11.0 Å². The van der Waals surface area contributed by atoms with E-state index in [1.807, 2.05) is 34.6 Å². The van der Waals surface area contributed by atoms with Crippen molar-refractivity contribution in [3.63, 3.8) is 0 Å². The summed E-state index contributed by atoms with van der Waals surface area (Å²) in [5, 5.41) is 3.24. The van der Waals surface area contributed by atoms with Gasteiger partial charge in [0.2, 0.25) is 0 Å². The number of rotatable bonds is 4. The molecule has 5 heteroatoms. The molecule has 0 aromatic carbocycles. The Labute approximate surface area is 102 Å². The summed E-state index contributed by atoms with van der Waals surface area (Å²) in [5.41, 5.74) is 0. The van der Waals surface area contributed by atoms with Gasteiger partial charge in [0.1, 0.15) is 12.2 Å². The van der Waals surface area contributed by atoms with E-state index < -0.39 is 5.76 Å². The van der Waals surface area contributed by atoms with Crippen LogP contribution >= 0.6 is 0 Å². The molecule has 1 aromatic rings. The van der Waals surface area contributed by atoms with Crippen LogP contribution in [0.25, 0.3) is 0 Å². The van der Waals surface area contributed by atoms with E-state index in [0.29, 0.717) is 6.42 Å². The molecule has 1 aromatic heterocycles. The first kappa shape index (κ1) is 18.0. The molecule has 0 amide bonds. The zero-order chi connectivity index (χ0) is 13.7. The second-order valence-electron chi connectivity index (χ2n) is 2.65. The molecule has 0 aliphatic rings. The molecule has 0 aliphatic heterocycles. The van der Waals surface area contributed by atoms with Crippen molar-refractivity contribution in [1.82, 2.24) is 9.72 Å². The molecule has 0 bridgehead atoms. The van der Waals surface area contributed by atoms with Crippen LogP contribution in [0, 0.1) is 0 Å². The Balaban J connectivity index is 0. The predicted octanol–water partition coefficient (Wildman–Crippen LogP) is 3.54. The lowest BCUT2D eigenvalue weighted by molar-refractivity contribution is 0.374. The molecule has 0 unspecified atom stereocenters. The highest BCUT2D eigenvalue weighted by Crippen LogP contribution is 2.02. The quantitative estimate of drug-likeness (QED) is 0.816. The van der Waals surface area contributed by atoms with Crippen LogP contribution in [0.3, 0.4) is 0 Å². The molecule has 0 aliphatic carbocycles. The zero-order valence-electron chi connectivity index (χ0n) is 11.4. The minimum atomic E-state index is -0.639. The van der Waals surface area contributed by atoms with Crippen molar-refractivity contribution in [2.75, 3.05) is 0 Å². The Morgan fingerprint density at radius 3 is 2.47 bits per heavy atom. The first-order valence-electron chi connectivity index (χ1n) is 6.09. The number of halogens is 1. The average Bonchev–Trinajstić information content (AvgIpc) is 2.77. The van der Waals surface area contributed by atoms with Crippen molar-refractivity contribution in [3.05, 3.63) is 28.8 Å². The third-order valence-corrected chi connectivity index (χ3v) is 1.53. The van der Waals surface area contributed by atoms with E-state index in [9.17, 15) is 9.18 Å². The molecule has 0 fully saturated rings. The molecular formula is C12H23FN2O2. The maximum atomic E-state index is 13.0. The van der Waals surface area contributed by atoms with Crippen molar-refractivity contribution in [1.29, 1.82) is 0 Å². The van der Waals surface area contributed by atoms with Gasteiger partial charge >= 0.3 is 5.76 Å². The number of nitrogens with zero attached hydrogens (tertiary/aromatic N) is 2. The van der Waals surface area contributed by atoms with Crippen molar-refractivity contribution < 1.29 is 8.91 Å². The molecule has 0 spiro atoms. The fourth-order valence-corrected chi connectivity index (χ4v) is 0.859. The van der Waals surface area contributed by atoms with Crippen LogP contribution in [0.4, 0.5) is 4.39 Å². The van der Waals surface area contributed by atoms with Crippen LogP contribution in [0.15, 0.2) is 27.5 Å². The second kappa shape index (κ2) is 12.7.